The first-order chi connectivity index (χ1) is 11.3. The van der Waals surface area contributed by atoms with Crippen LogP contribution in [0.25, 0.3) is 0 Å². The maximum absolute atomic E-state index is 13.3. The Morgan fingerprint density at radius 3 is 2.50 bits per heavy atom. The first-order valence-corrected chi connectivity index (χ1v) is 8.89. The van der Waals surface area contributed by atoms with Gasteiger partial charge < -0.3 is 5.73 Å². The smallest absolute Gasteiger partial charge is 0.244 e. The molecular weight excluding hydrogens is 331 g/mol. The molecule has 5 nitrogen and oxygen atoms in total. The molecule has 1 atom stereocenters. The van der Waals surface area contributed by atoms with Crippen LogP contribution in [0.5, 0.6) is 0 Å². The lowest BCUT2D eigenvalue weighted by atomic mass is 9.96. The molecule has 0 spiro atoms. The first kappa shape index (κ1) is 16.6. The minimum absolute atomic E-state index is 0.0190. The van der Waals surface area contributed by atoms with Crippen molar-refractivity contribution in [1.82, 2.24) is 4.31 Å². The summed E-state index contributed by atoms with van der Waals surface area (Å²) in [6, 6.07) is 9.85. The van der Waals surface area contributed by atoms with Crippen LogP contribution in [0.4, 0.5) is 4.39 Å². The van der Waals surface area contributed by atoms with Crippen molar-refractivity contribution in [3.63, 3.8) is 0 Å². The van der Waals surface area contributed by atoms with Crippen molar-refractivity contribution in [2.75, 3.05) is 0 Å². The number of halogens is 1. The second kappa shape index (κ2) is 5.99. The van der Waals surface area contributed by atoms with Crippen LogP contribution in [0.15, 0.2) is 47.4 Å². The van der Waals surface area contributed by atoms with Gasteiger partial charge in [-0.1, -0.05) is 24.3 Å². The fourth-order valence-electron chi connectivity index (χ4n) is 3.02. The van der Waals surface area contributed by atoms with Gasteiger partial charge in [0, 0.05) is 6.54 Å². The van der Waals surface area contributed by atoms with E-state index in [2.05, 4.69) is 0 Å². The summed E-state index contributed by atoms with van der Waals surface area (Å²) in [5, 5.41) is 0. The van der Waals surface area contributed by atoms with E-state index in [9.17, 15) is 17.6 Å². The van der Waals surface area contributed by atoms with Crippen molar-refractivity contribution in [3.05, 3.63) is 65.0 Å². The van der Waals surface area contributed by atoms with Crippen LogP contribution in [0.3, 0.4) is 0 Å². The van der Waals surface area contributed by atoms with Gasteiger partial charge >= 0.3 is 0 Å². The molecule has 2 N–H and O–H groups in total. The van der Waals surface area contributed by atoms with E-state index in [4.69, 9.17) is 5.73 Å². The number of nitrogens with zero attached hydrogens (tertiary/aromatic N) is 1. The number of benzene rings is 2. The first-order valence-electron chi connectivity index (χ1n) is 7.45. The van der Waals surface area contributed by atoms with Crippen LogP contribution in [0.2, 0.25) is 0 Å². The van der Waals surface area contributed by atoms with E-state index in [1.165, 1.54) is 13.0 Å². The number of sulfonamides is 1. The van der Waals surface area contributed by atoms with E-state index in [0.29, 0.717) is 0 Å². The van der Waals surface area contributed by atoms with Crippen LogP contribution in [0, 0.1) is 12.7 Å². The van der Waals surface area contributed by atoms with Gasteiger partial charge in [-0.3, -0.25) is 4.79 Å². The average Bonchev–Trinajstić information content (AvgIpc) is 2.53. The molecule has 2 aromatic carbocycles. The number of amides is 1. The molecule has 0 saturated carbocycles. The molecule has 126 valence electrons. The Hall–Kier alpha value is -2.25. The maximum Gasteiger partial charge on any atom is 0.244 e. The Kier molecular flexibility index (Phi) is 4.15. The van der Waals surface area contributed by atoms with Crippen LogP contribution in [-0.4, -0.2) is 24.7 Å². The molecule has 2 aromatic rings. The van der Waals surface area contributed by atoms with Gasteiger partial charge in [-0.25, -0.2) is 12.8 Å². The molecule has 0 bridgehead atoms. The van der Waals surface area contributed by atoms with Gasteiger partial charge in [0.1, 0.15) is 11.9 Å². The molecule has 0 radical (unpaired) electrons. The lowest BCUT2D eigenvalue weighted by Crippen LogP contribution is -2.51. The lowest BCUT2D eigenvalue weighted by Gasteiger charge is -2.34. The van der Waals surface area contributed by atoms with Crippen molar-refractivity contribution in [2.45, 2.75) is 30.8 Å². The van der Waals surface area contributed by atoms with E-state index in [-0.39, 0.29) is 23.4 Å². The Morgan fingerprint density at radius 1 is 1.21 bits per heavy atom. The zero-order chi connectivity index (χ0) is 17.5. The van der Waals surface area contributed by atoms with E-state index >= 15 is 0 Å². The molecule has 0 saturated heterocycles. The molecule has 0 fully saturated rings. The molecule has 0 aromatic heterocycles. The number of hydrogen-bond acceptors (Lipinski definition) is 3. The van der Waals surface area contributed by atoms with Gasteiger partial charge in [0.2, 0.25) is 15.9 Å². The number of carbonyl (C=O) groups is 1. The largest absolute Gasteiger partial charge is 0.368 e. The summed E-state index contributed by atoms with van der Waals surface area (Å²) < 4.78 is 40.5. The molecule has 3 rings (SSSR count). The fraction of sp³-hybridized carbons (Fsp3) is 0.235. The van der Waals surface area contributed by atoms with Crippen LogP contribution in [0.1, 0.15) is 16.7 Å². The average molecular weight is 348 g/mol. The molecule has 7 heteroatoms. The van der Waals surface area contributed by atoms with Gasteiger partial charge in [0.05, 0.1) is 4.90 Å². The number of hydrogen-bond donors (Lipinski definition) is 1. The standard InChI is InChI=1S/C17H17FN2O3S/c1-11-8-14(18)6-7-16(11)24(22,23)20-10-13-5-3-2-4-12(13)9-15(20)17(19)21/h2-8,15H,9-10H2,1H3,(H2,19,21)/t15-/m1/s1. The molecule has 1 heterocycles. The summed E-state index contributed by atoms with van der Waals surface area (Å²) in [5.41, 5.74) is 7.47. The van der Waals surface area contributed by atoms with Gasteiger partial charge in [-0.05, 0) is 48.2 Å². The lowest BCUT2D eigenvalue weighted by molar-refractivity contribution is -0.122. The number of aryl methyl sites for hydroxylation is 1. The molecule has 0 unspecified atom stereocenters. The normalized spacial score (nSPS) is 18.2. The molecule has 1 aliphatic heterocycles. The summed E-state index contributed by atoms with van der Waals surface area (Å²) in [6.45, 7) is 1.58. The van der Waals surface area contributed by atoms with E-state index < -0.39 is 27.8 Å². The monoisotopic (exact) mass is 348 g/mol. The molecule has 24 heavy (non-hydrogen) atoms. The summed E-state index contributed by atoms with van der Waals surface area (Å²) in [4.78, 5) is 11.8. The highest BCUT2D eigenvalue weighted by Crippen LogP contribution is 2.30. The van der Waals surface area contributed by atoms with Crippen molar-refractivity contribution in [2.24, 2.45) is 5.73 Å². The van der Waals surface area contributed by atoms with Crippen LogP contribution in [-0.2, 0) is 27.8 Å². The highest BCUT2D eigenvalue weighted by molar-refractivity contribution is 7.89. The Morgan fingerprint density at radius 2 is 1.88 bits per heavy atom. The third-order valence-electron chi connectivity index (χ3n) is 4.26. The number of carbonyl (C=O) groups excluding carboxylic acids is 1. The second-order valence-corrected chi connectivity index (χ2v) is 7.71. The second-order valence-electron chi connectivity index (χ2n) is 5.85. The predicted octanol–water partition coefficient (Wildman–Crippen LogP) is 1.74. The predicted molar refractivity (Wildman–Crippen MR) is 87.0 cm³/mol. The number of nitrogens with two attached hydrogens (primary N) is 1. The van der Waals surface area contributed by atoms with Gasteiger partial charge in [-0.15, -0.1) is 0 Å². The highest BCUT2D eigenvalue weighted by Gasteiger charge is 2.39. The van der Waals surface area contributed by atoms with Crippen LogP contribution >= 0.6 is 0 Å². The molecular formula is C17H17FN2O3S. The van der Waals surface area contributed by atoms with Gasteiger partial charge in [-0.2, -0.15) is 4.31 Å². The third-order valence-corrected chi connectivity index (χ3v) is 6.27. The van der Waals surface area contributed by atoms with Crippen molar-refractivity contribution < 1.29 is 17.6 Å². The zero-order valence-corrected chi connectivity index (χ0v) is 13.9. The molecule has 0 aliphatic carbocycles. The number of rotatable bonds is 3. The Bertz CT molecular complexity index is 912. The Balaban J connectivity index is 2.10. The summed E-state index contributed by atoms with van der Waals surface area (Å²) >= 11 is 0. The molecule has 1 amide bonds. The highest BCUT2D eigenvalue weighted by atomic mass is 32.2. The topological polar surface area (TPSA) is 80.5 Å². The van der Waals surface area contributed by atoms with Gasteiger partial charge in [0.25, 0.3) is 0 Å². The summed E-state index contributed by atoms with van der Waals surface area (Å²) in [5.74, 6) is -1.21. The minimum Gasteiger partial charge on any atom is -0.368 e. The third kappa shape index (κ3) is 2.81. The van der Waals surface area contributed by atoms with E-state index in [1.807, 2.05) is 24.3 Å². The van der Waals surface area contributed by atoms with Gasteiger partial charge in [0.15, 0.2) is 0 Å². The van der Waals surface area contributed by atoms with Crippen molar-refractivity contribution in [1.29, 1.82) is 0 Å². The van der Waals surface area contributed by atoms with E-state index in [0.717, 1.165) is 27.6 Å². The number of primary amides is 1. The summed E-state index contributed by atoms with van der Waals surface area (Å²) in [7, 11) is -3.98. The summed E-state index contributed by atoms with van der Waals surface area (Å²) in [6.07, 6.45) is 0.227. The van der Waals surface area contributed by atoms with Crippen molar-refractivity contribution >= 4 is 15.9 Å². The number of fused-ring (bicyclic) bond motifs is 1. The molecule has 1 aliphatic rings. The quantitative estimate of drug-likeness (QED) is 0.917. The maximum atomic E-state index is 13.3. The minimum atomic E-state index is -3.98. The zero-order valence-electron chi connectivity index (χ0n) is 13.1. The fourth-order valence-corrected chi connectivity index (χ4v) is 4.80. The van der Waals surface area contributed by atoms with Crippen molar-refractivity contribution in [3.8, 4) is 0 Å². The SMILES string of the molecule is Cc1cc(F)ccc1S(=O)(=O)N1Cc2ccccc2C[C@@H]1C(N)=O. The van der Waals surface area contributed by atoms with Crippen LogP contribution < -0.4 is 5.73 Å². The Labute approximate surface area is 139 Å². The van der Waals surface area contributed by atoms with E-state index in [1.54, 1.807) is 0 Å².